The van der Waals surface area contributed by atoms with Crippen LogP contribution >= 0.6 is 0 Å². The van der Waals surface area contributed by atoms with Gasteiger partial charge in [-0.15, -0.1) is 0 Å². The van der Waals surface area contributed by atoms with Gasteiger partial charge < -0.3 is 15.0 Å². The number of hydrogen-bond donors (Lipinski definition) is 1. The van der Waals surface area contributed by atoms with Crippen LogP contribution in [-0.4, -0.2) is 10.5 Å². The van der Waals surface area contributed by atoms with Crippen LogP contribution in [0.1, 0.15) is 5.56 Å². The van der Waals surface area contributed by atoms with Crippen LogP contribution in [0.2, 0.25) is 0 Å². The van der Waals surface area contributed by atoms with Crippen molar-refractivity contribution in [2.75, 3.05) is 5.73 Å². The molecular weight excluding hydrogens is 263 g/mol. The molecule has 0 fully saturated rings. The maximum Gasteiger partial charge on any atom is 0.326 e. The molecule has 1 aromatic carbocycles. The van der Waals surface area contributed by atoms with Gasteiger partial charge in [-0.1, -0.05) is 18.2 Å². The quantitative estimate of drug-likeness (QED) is 0.854. The minimum Gasteiger partial charge on any atom is -0.459 e. The van der Waals surface area contributed by atoms with Crippen molar-refractivity contribution in [1.29, 1.82) is 0 Å². The summed E-state index contributed by atoms with van der Waals surface area (Å²) in [6.07, 6.45) is 1.35. The van der Waals surface area contributed by atoms with Gasteiger partial charge in [0.25, 0.3) is 5.56 Å². The fraction of sp³-hybridized carbons (Fsp3) is 0.143. The number of pyridine rings is 1. The number of esters is 1. The third-order valence-corrected chi connectivity index (χ3v) is 2.65. The van der Waals surface area contributed by atoms with Crippen molar-refractivity contribution in [3.8, 4) is 0 Å². The van der Waals surface area contributed by atoms with Crippen molar-refractivity contribution < 1.29 is 13.9 Å². The lowest BCUT2D eigenvalue weighted by Crippen LogP contribution is -2.24. The van der Waals surface area contributed by atoms with E-state index in [0.29, 0.717) is 5.69 Å². The molecule has 1 aromatic heterocycles. The number of nitrogens with zero attached hydrogens (tertiary/aromatic N) is 1. The number of anilines is 1. The van der Waals surface area contributed by atoms with Crippen molar-refractivity contribution >= 4 is 11.7 Å². The lowest BCUT2D eigenvalue weighted by atomic mass is 10.2. The predicted molar refractivity (Wildman–Crippen MR) is 71.3 cm³/mol. The molecule has 2 aromatic rings. The second-order valence-electron chi connectivity index (χ2n) is 4.18. The number of benzene rings is 1. The van der Waals surface area contributed by atoms with Crippen LogP contribution in [0.5, 0.6) is 0 Å². The number of rotatable bonds is 4. The molecule has 2 rings (SSSR count). The second-order valence-corrected chi connectivity index (χ2v) is 4.18. The lowest BCUT2D eigenvalue weighted by Gasteiger charge is -2.08. The topological polar surface area (TPSA) is 74.3 Å². The summed E-state index contributed by atoms with van der Waals surface area (Å²) in [6, 6.07) is 8.71. The van der Waals surface area contributed by atoms with Crippen molar-refractivity contribution in [1.82, 2.24) is 4.57 Å². The molecule has 104 valence electrons. The predicted octanol–water partition coefficient (Wildman–Crippen LogP) is 1.31. The van der Waals surface area contributed by atoms with E-state index < -0.39 is 11.8 Å². The van der Waals surface area contributed by atoms with Gasteiger partial charge >= 0.3 is 5.97 Å². The van der Waals surface area contributed by atoms with E-state index in [0.717, 1.165) is 4.57 Å². The largest absolute Gasteiger partial charge is 0.459 e. The highest BCUT2D eigenvalue weighted by Crippen LogP contribution is 2.07. The fourth-order valence-electron chi connectivity index (χ4n) is 1.63. The summed E-state index contributed by atoms with van der Waals surface area (Å²) in [7, 11) is 0. The van der Waals surface area contributed by atoms with Gasteiger partial charge in [0.1, 0.15) is 19.0 Å². The maximum absolute atomic E-state index is 13.3. The molecule has 0 atom stereocenters. The number of carbonyl (C=O) groups excluding carboxylic acids is 1. The zero-order valence-electron chi connectivity index (χ0n) is 10.6. The molecular formula is C14H13FN2O3. The molecule has 0 aliphatic rings. The van der Waals surface area contributed by atoms with Crippen LogP contribution < -0.4 is 11.3 Å². The first-order valence-electron chi connectivity index (χ1n) is 5.91. The van der Waals surface area contributed by atoms with Gasteiger partial charge in [-0.3, -0.25) is 9.59 Å². The highest BCUT2D eigenvalue weighted by atomic mass is 19.1. The molecule has 6 heteroatoms. The molecule has 20 heavy (non-hydrogen) atoms. The monoisotopic (exact) mass is 276 g/mol. The number of halogens is 1. The van der Waals surface area contributed by atoms with E-state index in [-0.39, 0.29) is 24.3 Å². The first-order valence-corrected chi connectivity index (χ1v) is 5.91. The highest BCUT2D eigenvalue weighted by Gasteiger charge is 2.08. The van der Waals surface area contributed by atoms with Crippen LogP contribution in [0.15, 0.2) is 47.4 Å². The number of ether oxygens (including phenoxy) is 1. The average Bonchev–Trinajstić information content (AvgIpc) is 2.42. The fourth-order valence-corrected chi connectivity index (χ4v) is 1.63. The third-order valence-electron chi connectivity index (χ3n) is 2.65. The van der Waals surface area contributed by atoms with Crippen LogP contribution in [0.3, 0.4) is 0 Å². The molecule has 0 aliphatic heterocycles. The van der Waals surface area contributed by atoms with Crippen molar-refractivity contribution in [2.24, 2.45) is 0 Å². The Morgan fingerprint density at radius 2 is 2.00 bits per heavy atom. The molecule has 0 spiro atoms. The Hall–Kier alpha value is -2.63. The van der Waals surface area contributed by atoms with Crippen LogP contribution in [-0.2, 0) is 22.7 Å². The first-order chi connectivity index (χ1) is 9.56. The molecule has 1 heterocycles. The molecule has 0 saturated carbocycles. The molecule has 0 saturated heterocycles. The van der Waals surface area contributed by atoms with E-state index in [4.69, 9.17) is 10.5 Å². The van der Waals surface area contributed by atoms with Gasteiger partial charge in [-0.25, -0.2) is 4.39 Å². The van der Waals surface area contributed by atoms with Gasteiger partial charge in [0, 0.05) is 23.5 Å². The van der Waals surface area contributed by atoms with Crippen LogP contribution in [0.4, 0.5) is 10.1 Å². The Morgan fingerprint density at radius 1 is 1.25 bits per heavy atom. The molecule has 0 amide bonds. The van der Waals surface area contributed by atoms with Crippen LogP contribution in [0, 0.1) is 5.82 Å². The van der Waals surface area contributed by atoms with Gasteiger partial charge in [0.05, 0.1) is 0 Å². The molecule has 0 radical (unpaired) electrons. The number of aromatic nitrogens is 1. The third kappa shape index (κ3) is 3.44. The summed E-state index contributed by atoms with van der Waals surface area (Å²) in [5.41, 5.74) is 5.81. The lowest BCUT2D eigenvalue weighted by molar-refractivity contribution is -0.145. The summed E-state index contributed by atoms with van der Waals surface area (Å²) in [5, 5.41) is 0. The van der Waals surface area contributed by atoms with Crippen molar-refractivity contribution in [3.63, 3.8) is 0 Å². The van der Waals surface area contributed by atoms with E-state index >= 15 is 0 Å². The van der Waals surface area contributed by atoms with Gasteiger partial charge in [-0.05, 0) is 12.1 Å². The van der Waals surface area contributed by atoms with E-state index in [1.165, 1.54) is 30.5 Å². The Bertz CT molecular complexity index is 682. The van der Waals surface area contributed by atoms with E-state index in [1.54, 1.807) is 12.1 Å². The maximum atomic E-state index is 13.3. The Labute approximate surface area is 114 Å². The Kier molecular flexibility index (Phi) is 4.14. The zero-order valence-corrected chi connectivity index (χ0v) is 10.6. The van der Waals surface area contributed by atoms with Gasteiger partial charge in [0.15, 0.2) is 0 Å². The van der Waals surface area contributed by atoms with Gasteiger partial charge in [0.2, 0.25) is 0 Å². The van der Waals surface area contributed by atoms with Crippen LogP contribution in [0.25, 0.3) is 0 Å². The SMILES string of the molecule is Nc1ccc(=O)n(CC(=O)OCc2ccccc2F)c1. The smallest absolute Gasteiger partial charge is 0.326 e. The summed E-state index contributed by atoms with van der Waals surface area (Å²) >= 11 is 0. The Balaban J connectivity index is 1.98. The average molecular weight is 276 g/mol. The number of nitrogen functional groups attached to an aromatic ring is 1. The minimum absolute atomic E-state index is 0.178. The van der Waals surface area contributed by atoms with E-state index in [9.17, 15) is 14.0 Å². The molecule has 0 aliphatic carbocycles. The normalized spacial score (nSPS) is 10.2. The minimum atomic E-state index is -0.638. The van der Waals surface area contributed by atoms with Gasteiger partial charge in [-0.2, -0.15) is 0 Å². The summed E-state index contributed by atoms with van der Waals surface area (Å²) < 4.78 is 19.4. The second kappa shape index (κ2) is 6.01. The molecule has 5 nitrogen and oxygen atoms in total. The molecule has 0 bridgehead atoms. The number of nitrogens with two attached hydrogens (primary N) is 1. The van der Waals surface area contributed by atoms with E-state index in [1.807, 2.05) is 0 Å². The standard InChI is InChI=1S/C14H13FN2O3/c15-12-4-2-1-3-10(12)9-20-14(19)8-17-7-11(16)5-6-13(17)18/h1-7H,8-9,16H2. The number of carbonyl (C=O) groups is 1. The zero-order chi connectivity index (χ0) is 14.5. The van der Waals surface area contributed by atoms with Crippen molar-refractivity contribution in [2.45, 2.75) is 13.2 Å². The number of hydrogen-bond acceptors (Lipinski definition) is 4. The summed E-state index contributed by atoms with van der Waals surface area (Å²) in [6.45, 7) is -0.444. The first kappa shape index (κ1) is 13.8. The highest BCUT2D eigenvalue weighted by molar-refractivity contribution is 5.69. The molecule has 0 unspecified atom stereocenters. The summed E-state index contributed by atoms with van der Waals surface area (Å²) in [4.78, 5) is 23.1. The van der Waals surface area contributed by atoms with E-state index in [2.05, 4.69) is 0 Å². The molecule has 2 N–H and O–H groups in total. The Morgan fingerprint density at radius 3 is 2.75 bits per heavy atom. The van der Waals surface area contributed by atoms with Crippen molar-refractivity contribution in [3.05, 3.63) is 64.3 Å². The summed E-state index contributed by atoms with van der Waals surface area (Å²) in [5.74, 6) is -1.08.